The number of rotatable bonds is 3. The molecular weight excluding hydrogens is 270 g/mol. The molecule has 0 saturated carbocycles. The van der Waals surface area contributed by atoms with Gasteiger partial charge in [-0.15, -0.1) is 0 Å². The average molecular weight is 287 g/mol. The van der Waals surface area contributed by atoms with Crippen LogP contribution in [0.15, 0.2) is 24.7 Å². The summed E-state index contributed by atoms with van der Waals surface area (Å²) in [6.45, 7) is 3.50. The highest BCUT2D eigenvalue weighted by molar-refractivity contribution is 5.49. The number of nitrogens with one attached hydrogen (secondary N) is 1. The van der Waals surface area contributed by atoms with Crippen molar-refractivity contribution in [2.75, 3.05) is 18.0 Å². The van der Waals surface area contributed by atoms with Crippen LogP contribution in [0.1, 0.15) is 30.1 Å². The van der Waals surface area contributed by atoms with Gasteiger partial charge in [0.05, 0.1) is 4.92 Å². The Hall–Kier alpha value is -2.44. The van der Waals surface area contributed by atoms with E-state index in [1.165, 1.54) is 6.20 Å². The van der Waals surface area contributed by atoms with Crippen LogP contribution in [0.25, 0.3) is 0 Å². The van der Waals surface area contributed by atoms with E-state index in [-0.39, 0.29) is 5.69 Å². The third-order valence-electron chi connectivity index (χ3n) is 3.92. The molecule has 2 aromatic rings. The lowest BCUT2D eigenvalue weighted by Gasteiger charge is -2.32. The molecular formula is C14H17N5O2. The Morgan fingerprint density at radius 3 is 3.00 bits per heavy atom. The number of hydrogen-bond acceptors (Lipinski definition) is 5. The van der Waals surface area contributed by atoms with Crippen LogP contribution in [-0.4, -0.2) is 33.0 Å². The van der Waals surface area contributed by atoms with Crippen molar-refractivity contribution in [3.8, 4) is 0 Å². The largest absolute Gasteiger partial charge is 0.356 e. The fourth-order valence-electron chi connectivity index (χ4n) is 2.81. The third kappa shape index (κ3) is 2.72. The van der Waals surface area contributed by atoms with Crippen LogP contribution < -0.4 is 4.90 Å². The number of aromatic nitrogens is 3. The number of H-pyrrole nitrogens is 1. The van der Waals surface area contributed by atoms with Gasteiger partial charge >= 0.3 is 0 Å². The second kappa shape index (κ2) is 5.51. The van der Waals surface area contributed by atoms with Crippen molar-refractivity contribution in [1.82, 2.24) is 15.0 Å². The van der Waals surface area contributed by atoms with Gasteiger partial charge in [0, 0.05) is 37.0 Å². The van der Waals surface area contributed by atoms with E-state index in [9.17, 15) is 10.1 Å². The van der Waals surface area contributed by atoms with Gasteiger partial charge in [-0.05, 0) is 25.8 Å². The molecule has 21 heavy (non-hydrogen) atoms. The first-order valence-electron chi connectivity index (χ1n) is 7.00. The lowest BCUT2D eigenvalue weighted by Crippen LogP contribution is -2.35. The zero-order valence-electron chi connectivity index (χ0n) is 11.8. The zero-order valence-corrected chi connectivity index (χ0v) is 11.8. The Bertz CT molecular complexity index is 641. The first-order valence-corrected chi connectivity index (χ1v) is 7.00. The van der Waals surface area contributed by atoms with Crippen LogP contribution >= 0.6 is 0 Å². The summed E-state index contributed by atoms with van der Waals surface area (Å²) >= 11 is 0. The van der Waals surface area contributed by atoms with Crippen LogP contribution in [-0.2, 0) is 0 Å². The summed E-state index contributed by atoms with van der Waals surface area (Å²) in [6.07, 6.45) is 7.10. The number of piperidine rings is 1. The van der Waals surface area contributed by atoms with E-state index in [2.05, 4.69) is 19.9 Å². The van der Waals surface area contributed by atoms with E-state index in [4.69, 9.17) is 0 Å². The highest BCUT2D eigenvalue weighted by Crippen LogP contribution is 2.29. The maximum atomic E-state index is 10.9. The van der Waals surface area contributed by atoms with Gasteiger partial charge in [0.15, 0.2) is 0 Å². The van der Waals surface area contributed by atoms with Crippen LogP contribution in [0.2, 0.25) is 0 Å². The quantitative estimate of drug-likeness (QED) is 0.691. The molecule has 7 nitrogen and oxygen atoms in total. The van der Waals surface area contributed by atoms with Crippen LogP contribution in [0.4, 0.5) is 11.5 Å². The summed E-state index contributed by atoms with van der Waals surface area (Å²) in [5, 5.41) is 10.9. The first kappa shape index (κ1) is 13.5. The summed E-state index contributed by atoms with van der Waals surface area (Å²) in [5.74, 6) is 2.15. The fourth-order valence-corrected chi connectivity index (χ4v) is 2.81. The fraction of sp³-hybridized carbons (Fsp3) is 0.429. The van der Waals surface area contributed by atoms with Gasteiger partial charge in [-0.2, -0.15) is 0 Å². The molecule has 7 heteroatoms. The number of nitrogens with zero attached hydrogens (tertiary/aromatic N) is 4. The standard InChI is InChI=1S/C14H17N5O2/c1-10-7-13(17-8-12(10)19(20)21)18-6-2-3-11(9-18)14-15-4-5-16-14/h4-5,7-8,11H,2-3,6,9H2,1H3,(H,15,16). The molecule has 0 aromatic carbocycles. The number of nitro groups is 1. The number of anilines is 1. The minimum absolute atomic E-state index is 0.0679. The molecule has 1 aliphatic heterocycles. The lowest BCUT2D eigenvalue weighted by atomic mass is 9.97. The molecule has 110 valence electrons. The average Bonchev–Trinajstić information content (AvgIpc) is 3.01. The van der Waals surface area contributed by atoms with Crippen LogP contribution in [0.3, 0.4) is 0 Å². The normalized spacial score (nSPS) is 18.7. The lowest BCUT2D eigenvalue weighted by molar-refractivity contribution is -0.385. The van der Waals surface area contributed by atoms with Crippen molar-refractivity contribution in [3.63, 3.8) is 0 Å². The van der Waals surface area contributed by atoms with Crippen molar-refractivity contribution in [1.29, 1.82) is 0 Å². The molecule has 1 atom stereocenters. The van der Waals surface area contributed by atoms with Crippen molar-refractivity contribution in [2.45, 2.75) is 25.7 Å². The number of imidazole rings is 1. The molecule has 1 unspecified atom stereocenters. The molecule has 1 fully saturated rings. The van der Waals surface area contributed by atoms with Crippen molar-refractivity contribution >= 4 is 11.5 Å². The molecule has 1 aliphatic rings. The van der Waals surface area contributed by atoms with E-state index < -0.39 is 4.92 Å². The second-order valence-electron chi connectivity index (χ2n) is 5.35. The van der Waals surface area contributed by atoms with Crippen molar-refractivity contribution < 1.29 is 4.92 Å². The minimum Gasteiger partial charge on any atom is -0.356 e. The van der Waals surface area contributed by atoms with E-state index >= 15 is 0 Å². The van der Waals surface area contributed by atoms with E-state index in [1.807, 2.05) is 6.20 Å². The van der Waals surface area contributed by atoms with Gasteiger partial charge < -0.3 is 9.88 Å². The monoisotopic (exact) mass is 287 g/mol. The van der Waals surface area contributed by atoms with Crippen LogP contribution in [0.5, 0.6) is 0 Å². The Balaban J connectivity index is 1.80. The van der Waals surface area contributed by atoms with Gasteiger partial charge in [-0.25, -0.2) is 9.97 Å². The Morgan fingerprint density at radius 2 is 2.33 bits per heavy atom. The SMILES string of the molecule is Cc1cc(N2CCCC(c3ncc[nH]3)C2)ncc1[N+](=O)[O-]. The summed E-state index contributed by atoms with van der Waals surface area (Å²) in [5.41, 5.74) is 0.712. The van der Waals surface area contributed by atoms with Crippen molar-refractivity contribution in [3.05, 3.63) is 46.2 Å². The Morgan fingerprint density at radius 1 is 1.48 bits per heavy atom. The van der Waals surface area contributed by atoms with Gasteiger partial charge in [-0.1, -0.05) is 0 Å². The minimum atomic E-state index is -0.395. The van der Waals surface area contributed by atoms with Crippen molar-refractivity contribution in [2.24, 2.45) is 0 Å². The predicted molar refractivity (Wildman–Crippen MR) is 78.4 cm³/mol. The van der Waals surface area contributed by atoms with Gasteiger partial charge in [-0.3, -0.25) is 10.1 Å². The van der Waals surface area contributed by atoms with Gasteiger partial charge in [0.25, 0.3) is 5.69 Å². The summed E-state index contributed by atoms with van der Waals surface area (Å²) in [7, 11) is 0. The Kier molecular flexibility index (Phi) is 3.55. The molecule has 3 heterocycles. The molecule has 1 saturated heterocycles. The zero-order chi connectivity index (χ0) is 14.8. The molecule has 2 aromatic heterocycles. The summed E-state index contributed by atoms with van der Waals surface area (Å²) in [6, 6.07) is 1.79. The molecule has 3 rings (SSSR count). The molecule has 0 amide bonds. The number of aromatic amines is 1. The molecule has 0 bridgehead atoms. The molecule has 1 N–H and O–H groups in total. The first-order chi connectivity index (χ1) is 10.1. The summed E-state index contributed by atoms with van der Waals surface area (Å²) in [4.78, 5) is 24.4. The highest BCUT2D eigenvalue weighted by atomic mass is 16.6. The number of hydrogen-bond donors (Lipinski definition) is 1. The molecule has 0 aliphatic carbocycles. The topological polar surface area (TPSA) is 88.0 Å². The van der Waals surface area contributed by atoms with E-state index in [0.29, 0.717) is 11.5 Å². The Labute approximate surface area is 122 Å². The molecule has 0 spiro atoms. The van der Waals surface area contributed by atoms with E-state index in [1.54, 1.807) is 19.2 Å². The molecule has 0 radical (unpaired) electrons. The maximum absolute atomic E-state index is 10.9. The second-order valence-corrected chi connectivity index (χ2v) is 5.35. The number of aryl methyl sites for hydroxylation is 1. The predicted octanol–water partition coefficient (Wildman–Crippen LogP) is 2.41. The third-order valence-corrected chi connectivity index (χ3v) is 3.92. The summed E-state index contributed by atoms with van der Waals surface area (Å²) < 4.78 is 0. The highest BCUT2D eigenvalue weighted by Gasteiger charge is 2.24. The number of pyridine rings is 1. The van der Waals surface area contributed by atoms with Gasteiger partial charge in [0.1, 0.15) is 17.8 Å². The van der Waals surface area contributed by atoms with Gasteiger partial charge in [0.2, 0.25) is 0 Å². The smallest absolute Gasteiger partial charge is 0.290 e. The maximum Gasteiger partial charge on any atom is 0.290 e. The van der Waals surface area contributed by atoms with E-state index in [0.717, 1.165) is 37.6 Å². The van der Waals surface area contributed by atoms with Crippen LogP contribution in [0, 0.1) is 17.0 Å².